The average Bonchev–Trinajstić information content (AvgIpc) is 3.08. The number of nitrogens with one attached hydrogen (secondary N) is 1. The fraction of sp³-hybridized carbons (Fsp3) is 0.211. The summed E-state index contributed by atoms with van der Waals surface area (Å²) in [6.45, 7) is 1.93. The summed E-state index contributed by atoms with van der Waals surface area (Å²) in [4.78, 5) is 16.5. The molecule has 1 N–H and O–H groups in total. The minimum absolute atomic E-state index is 0.131. The van der Waals surface area contributed by atoms with Gasteiger partial charge in [-0.1, -0.05) is 12.1 Å². The second-order valence-corrected chi connectivity index (χ2v) is 5.66. The highest BCUT2D eigenvalue weighted by molar-refractivity contribution is 6.02. The van der Waals surface area contributed by atoms with Gasteiger partial charge in [-0.2, -0.15) is 5.10 Å². The summed E-state index contributed by atoms with van der Waals surface area (Å²) in [5, 5.41) is 4.19. The maximum absolute atomic E-state index is 12.2. The van der Waals surface area contributed by atoms with Gasteiger partial charge in [-0.25, -0.2) is 10.4 Å². The summed E-state index contributed by atoms with van der Waals surface area (Å²) in [5.41, 5.74) is 5.69. The van der Waals surface area contributed by atoms with Crippen molar-refractivity contribution in [1.29, 1.82) is 0 Å². The normalized spacial score (nSPS) is 11.4. The van der Waals surface area contributed by atoms with Gasteiger partial charge >= 0.3 is 0 Å². The molecule has 0 fully saturated rings. The van der Waals surface area contributed by atoms with Crippen molar-refractivity contribution in [2.45, 2.75) is 13.5 Å². The molecule has 7 heteroatoms. The van der Waals surface area contributed by atoms with E-state index in [2.05, 4.69) is 15.5 Å². The van der Waals surface area contributed by atoms with E-state index < -0.39 is 0 Å². The summed E-state index contributed by atoms with van der Waals surface area (Å²) in [7, 11) is 3.18. The predicted molar refractivity (Wildman–Crippen MR) is 99.6 cm³/mol. The Labute approximate surface area is 151 Å². The number of para-hydroxylation sites is 2. The Kier molecular flexibility index (Phi) is 5.17. The first-order chi connectivity index (χ1) is 12.6. The molecule has 0 spiro atoms. The maximum Gasteiger partial charge on any atom is 0.260 e. The third-order valence-corrected chi connectivity index (χ3v) is 3.99. The number of imidazole rings is 1. The van der Waals surface area contributed by atoms with Crippen LogP contribution in [0.4, 0.5) is 0 Å². The van der Waals surface area contributed by atoms with Crippen LogP contribution in [0.1, 0.15) is 12.5 Å². The minimum atomic E-state index is -0.241. The summed E-state index contributed by atoms with van der Waals surface area (Å²) in [6, 6.07) is 13.1. The number of benzene rings is 2. The first-order valence-corrected chi connectivity index (χ1v) is 8.07. The molecule has 134 valence electrons. The van der Waals surface area contributed by atoms with E-state index in [0.717, 1.165) is 16.6 Å². The largest absolute Gasteiger partial charge is 0.497 e. The lowest BCUT2D eigenvalue weighted by Crippen LogP contribution is -2.24. The number of carbonyl (C=O) groups excluding carboxylic acids is 1. The highest BCUT2D eigenvalue weighted by atomic mass is 16.5. The van der Waals surface area contributed by atoms with Gasteiger partial charge in [0.1, 0.15) is 18.0 Å². The fourth-order valence-corrected chi connectivity index (χ4v) is 2.63. The van der Waals surface area contributed by atoms with Gasteiger partial charge in [0.05, 0.1) is 37.3 Å². The van der Waals surface area contributed by atoms with Crippen LogP contribution in [-0.4, -0.2) is 35.4 Å². The van der Waals surface area contributed by atoms with Crippen LogP contribution in [0.5, 0.6) is 11.5 Å². The van der Waals surface area contributed by atoms with Crippen molar-refractivity contribution in [3.8, 4) is 11.5 Å². The van der Waals surface area contributed by atoms with E-state index >= 15 is 0 Å². The Morgan fingerprint density at radius 2 is 2.00 bits per heavy atom. The van der Waals surface area contributed by atoms with Crippen molar-refractivity contribution in [2.75, 3.05) is 14.2 Å². The van der Waals surface area contributed by atoms with Crippen molar-refractivity contribution in [1.82, 2.24) is 15.0 Å². The van der Waals surface area contributed by atoms with Gasteiger partial charge in [-0.3, -0.25) is 4.79 Å². The van der Waals surface area contributed by atoms with Crippen LogP contribution in [0.3, 0.4) is 0 Å². The molecule has 0 saturated heterocycles. The molecular weight excluding hydrogens is 332 g/mol. The average molecular weight is 352 g/mol. The van der Waals surface area contributed by atoms with Crippen LogP contribution in [-0.2, 0) is 11.3 Å². The summed E-state index contributed by atoms with van der Waals surface area (Å²) in [6.07, 6.45) is 1.64. The topological polar surface area (TPSA) is 77.7 Å². The number of nitrogens with zero attached hydrogens (tertiary/aromatic N) is 3. The molecule has 1 heterocycles. The molecule has 1 amide bonds. The van der Waals surface area contributed by atoms with E-state index in [1.54, 1.807) is 44.2 Å². The molecule has 1 aromatic heterocycles. The molecule has 0 bridgehead atoms. The number of methoxy groups -OCH3 is 2. The maximum atomic E-state index is 12.2. The third-order valence-electron chi connectivity index (χ3n) is 3.99. The van der Waals surface area contributed by atoms with Gasteiger partial charge in [0.15, 0.2) is 0 Å². The van der Waals surface area contributed by atoms with Crippen molar-refractivity contribution < 1.29 is 14.3 Å². The Bertz CT molecular complexity index is 962. The molecule has 3 aromatic rings. The quantitative estimate of drug-likeness (QED) is 0.546. The number of ether oxygens (including phenoxy) is 2. The molecule has 0 radical (unpaired) electrons. The smallest absolute Gasteiger partial charge is 0.260 e. The Balaban J connectivity index is 1.73. The Hall–Kier alpha value is -3.35. The summed E-state index contributed by atoms with van der Waals surface area (Å²) >= 11 is 0. The van der Waals surface area contributed by atoms with Gasteiger partial charge in [-0.15, -0.1) is 0 Å². The van der Waals surface area contributed by atoms with Crippen molar-refractivity contribution in [2.24, 2.45) is 5.10 Å². The zero-order valence-electron chi connectivity index (χ0n) is 14.9. The van der Waals surface area contributed by atoms with Crippen LogP contribution in [0.2, 0.25) is 0 Å². The van der Waals surface area contributed by atoms with Gasteiger partial charge in [0, 0.05) is 5.56 Å². The van der Waals surface area contributed by atoms with Crippen LogP contribution in [0, 0.1) is 0 Å². The Morgan fingerprint density at radius 1 is 1.19 bits per heavy atom. The second kappa shape index (κ2) is 7.69. The molecule has 7 nitrogen and oxygen atoms in total. The first kappa shape index (κ1) is 17.5. The van der Waals surface area contributed by atoms with Gasteiger partial charge in [0.25, 0.3) is 5.91 Å². The van der Waals surface area contributed by atoms with E-state index in [1.807, 2.05) is 30.3 Å². The molecule has 0 unspecified atom stereocenters. The highest BCUT2D eigenvalue weighted by Gasteiger charge is 2.10. The molecule has 0 aliphatic carbocycles. The number of hydrazone groups is 1. The molecular formula is C19H20N4O3. The molecule has 0 atom stereocenters. The number of amides is 1. The Morgan fingerprint density at radius 3 is 2.77 bits per heavy atom. The number of carbonyl (C=O) groups is 1. The molecule has 3 rings (SSSR count). The van der Waals surface area contributed by atoms with Crippen molar-refractivity contribution in [3.63, 3.8) is 0 Å². The SMILES string of the molecule is COc1ccc(OC)c(/C(C)=N\NC(=O)Cn2cnc3ccccc32)c1. The minimum Gasteiger partial charge on any atom is -0.497 e. The van der Waals surface area contributed by atoms with Crippen LogP contribution >= 0.6 is 0 Å². The lowest BCUT2D eigenvalue weighted by atomic mass is 10.1. The fourth-order valence-electron chi connectivity index (χ4n) is 2.63. The molecule has 0 aliphatic rings. The van der Waals surface area contributed by atoms with Crippen LogP contribution in [0.15, 0.2) is 53.9 Å². The molecule has 0 saturated carbocycles. The number of hydrogen-bond acceptors (Lipinski definition) is 5. The number of fused-ring (bicyclic) bond motifs is 1. The molecule has 0 aliphatic heterocycles. The highest BCUT2D eigenvalue weighted by Crippen LogP contribution is 2.24. The predicted octanol–water partition coefficient (Wildman–Crippen LogP) is 2.59. The van der Waals surface area contributed by atoms with Crippen molar-refractivity contribution >= 4 is 22.7 Å². The number of aromatic nitrogens is 2. The summed E-state index contributed by atoms with van der Waals surface area (Å²) < 4.78 is 12.4. The van der Waals surface area contributed by atoms with Crippen molar-refractivity contribution in [3.05, 3.63) is 54.4 Å². The zero-order chi connectivity index (χ0) is 18.5. The molecule has 26 heavy (non-hydrogen) atoms. The summed E-state index contributed by atoms with van der Waals surface area (Å²) in [5.74, 6) is 1.10. The van der Waals surface area contributed by atoms with Crippen LogP contribution < -0.4 is 14.9 Å². The standard InChI is InChI=1S/C19H20N4O3/c1-13(15-10-14(25-2)8-9-18(15)26-3)21-22-19(24)11-23-12-20-16-6-4-5-7-17(16)23/h4-10,12H,11H2,1-3H3,(H,22,24)/b21-13-. The number of rotatable bonds is 6. The van der Waals surface area contributed by atoms with E-state index in [9.17, 15) is 4.79 Å². The van der Waals surface area contributed by atoms with Gasteiger partial charge in [0.2, 0.25) is 0 Å². The number of hydrogen-bond donors (Lipinski definition) is 1. The second-order valence-electron chi connectivity index (χ2n) is 5.66. The van der Waals surface area contributed by atoms with Crippen LogP contribution in [0.25, 0.3) is 11.0 Å². The van der Waals surface area contributed by atoms with E-state index in [1.165, 1.54) is 0 Å². The zero-order valence-corrected chi connectivity index (χ0v) is 14.9. The van der Waals surface area contributed by atoms with Gasteiger partial charge in [-0.05, 0) is 37.3 Å². The third kappa shape index (κ3) is 3.66. The van der Waals surface area contributed by atoms with E-state index in [4.69, 9.17) is 9.47 Å². The monoisotopic (exact) mass is 352 g/mol. The van der Waals surface area contributed by atoms with Gasteiger partial charge < -0.3 is 14.0 Å². The lowest BCUT2D eigenvalue weighted by Gasteiger charge is -2.10. The molecule has 2 aromatic carbocycles. The lowest BCUT2D eigenvalue weighted by molar-refractivity contribution is -0.121. The first-order valence-electron chi connectivity index (χ1n) is 8.07. The van der Waals surface area contributed by atoms with E-state index in [0.29, 0.717) is 17.2 Å². The van der Waals surface area contributed by atoms with E-state index in [-0.39, 0.29) is 12.5 Å².